The van der Waals surface area contributed by atoms with Crippen molar-refractivity contribution in [1.82, 2.24) is 10.2 Å². The molecule has 5 nitrogen and oxygen atoms in total. The van der Waals surface area contributed by atoms with Crippen molar-refractivity contribution < 1.29 is 14.0 Å². The largest absolute Gasteiger partial charge is 0.451 e. The maximum atomic E-state index is 12.5. The number of halogens is 1. The highest BCUT2D eigenvalue weighted by atomic mass is 35.5. The van der Waals surface area contributed by atoms with Crippen LogP contribution in [-0.4, -0.2) is 29.8 Å². The molecular weight excluding hydrogens is 400 g/mol. The highest BCUT2D eigenvalue weighted by molar-refractivity contribution is 6.33. The normalized spacial score (nSPS) is 13.8. The summed E-state index contributed by atoms with van der Waals surface area (Å²) < 4.78 is 5.67. The van der Waals surface area contributed by atoms with Gasteiger partial charge in [0.05, 0.1) is 5.02 Å². The van der Waals surface area contributed by atoms with Crippen LogP contribution in [0.5, 0.6) is 0 Å². The number of carbonyl (C=O) groups excluding carboxylic acids is 2. The molecule has 1 aliphatic heterocycles. The molecule has 6 heteroatoms. The fraction of sp³-hybridized carbons (Fsp3) is 0.250. The summed E-state index contributed by atoms with van der Waals surface area (Å²) in [6, 6.07) is 18.1. The third kappa shape index (κ3) is 4.57. The van der Waals surface area contributed by atoms with Crippen molar-refractivity contribution in [2.24, 2.45) is 0 Å². The Hall–Kier alpha value is -3.05. The van der Waals surface area contributed by atoms with Crippen LogP contribution in [0.4, 0.5) is 0 Å². The number of nitrogens with zero attached hydrogens (tertiary/aromatic N) is 1. The van der Waals surface area contributed by atoms with E-state index in [4.69, 9.17) is 16.0 Å². The fourth-order valence-electron chi connectivity index (χ4n) is 3.58. The van der Waals surface area contributed by atoms with Gasteiger partial charge in [0, 0.05) is 30.8 Å². The van der Waals surface area contributed by atoms with Gasteiger partial charge >= 0.3 is 0 Å². The maximum Gasteiger partial charge on any atom is 0.287 e. The average molecular weight is 423 g/mol. The van der Waals surface area contributed by atoms with Crippen molar-refractivity contribution in [2.45, 2.75) is 25.8 Å². The van der Waals surface area contributed by atoms with Crippen molar-refractivity contribution in [3.8, 4) is 11.3 Å². The molecule has 4 rings (SSSR count). The lowest BCUT2D eigenvalue weighted by Crippen LogP contribution is -2.35. The molecule has 1 N–H and O–H groups in total. The number of hydrogen-bond donors (Lipinski definition) is 1. The van der Waals surface area contributed by atoms with E-state index < -0.39 is 0 Å². The summed E-state index contributed by atoms with van der Waals surface area (Å²) in [5, 5.41) is 3.41. The molecule has 0 radical (unpaired) electrons. The zero-order valence-corrected chi connectivity index (χ0v) is 17.3. The molecule has 0 spiro atoms. The molecule has 1 aromatic heterocycles. The Bertz CT molecular complexity index is 1040. The first kappa shape index (κ1) is 20.2. The van der Waals surface area contributed by atoms with Gasteiger partial charge in [-0.2, -0.15) is 0 Å². The van der Waals surface area contributed by atoms with E-state index in [0.717, 1.165) is 37.1 Å². The van der Waals surface area contributed by atoms with Gasteiger partial charge in [-0.25, -0.2) is 0 Å². The maximum absolute atomic E-state index is 12.5. The minimum absolute atomic E-state index is 0.0768. The molecule has 0 unspecified atom stereocenters. The molecule has 2 aromatic carbocycles. The topological polar surface area (TPSA) is 62.6 Å². The second-order valence-electron chi connectivity index (χ2n) is 7.38. The summed E-state index contributed by atoms with van der Waals surface area (Å²) in [5.41, 5.74) is 2.34. The lowest BCUT2D eigenvalue weighted by molar-refractivity contribution is 0.0724. The van der Waals surface area contributed by atoms with E-state index in [9.17, 15) is 9.59 Å². The first-order valence-corrected chi connectivity index (χ1v) is 10.5. The summed E-state index contributed by atoms with van der Waals surface area (Å²) in [6.45, 7) is 2.01. The number of benzene rings is 2. The van der Waals surface area contributed by atoms with Crippen LogP contribution in [0.2, 0.25) is 5.02 Å². The summed E-state index contributed by atoms with van der Waals surface area (Å²) in [6.07, 6.45) is 3.33. The van der Waals surface area contributed by atoms with Crippen LogP contribution in [0, 0.1) is 0 Å². The Morgan fingerprint density at radius 3 is 2.40 bits per heavy atom. The highest BCUT2D eigenvalue weighted by Crippen LogP contribution is 2.29. The minimum Gasteiger partial charge on any atom is -0.451 e. The SMILES string of the molecule is O=C(NCc1ccc(C(=O)N2CCCCC2)cc1)c1ccc(-c2ccccc2Cl)o1. The Kier molecular flexibility index (Phi) is 6.19. The van der Waals surface area contributed by atoms with Gasteiger partial charge < -0.3 is 14.6 Å². The standard InChI is InChI=1S/C24H23ClN2O3/c25-20-7-3-2-6-19(20)21-12-13-22(30-21)23(28)26-16-17-8-10-18(11-9-17)24(29)27-14-4-1-5-15-27/h2-3,6-13H,1,4-5,14-16H2,(H,26,28). The summed E-state index contributed by atoms with van der Waals surface area (Å²) in [4.78, 5) is 26.9. The molecule has 0 bridgehead atoms. The van der Waals surface area contributed by atoms with E-state index in [0.29, 0.717) is 22.9 Å². The molecule has 1 fully saturated rings. The predicted molar refractivity (Wildman–Crippen MR) is 117 cm³/mol. The minimum atomic E-state index is -0.304. The zero-order chi connectivity index (χ0) is 20.9. The number of furan rings is 1. The molecule has 0 saturated carbocycles. The van der Waals surface area contributed by atoms with Crippen LogP contribution in [0.25, 0.3) is 11.3 Å². The van der Waals surface area contributed by atoms with Crippen LogP contribution < -0.4 is 5.32 Å². The van der Waals surface area contributed by atoms with Crippen molar-refractivity contribution in [2.75, 3.05) is 13.1 Å². The molecule has 2 heterocycles. The van der Waals surface area contributed by atoms with Gasteiger partial charge in [-0.05, 0) is 61.2 Å². The molecule has 3 aromatic rings. The van der Waals surface area contributed by atoms with Crippen molar-refractivity contribution in [1.29, 1.82) is 0 Å². The number of likely N-dealkylation sites (tertiary alicyclic amines) is 1. The number of amides is 2. The lowest BCUT2D eigenvalue weighted by Gasteiger charge is -2.26. The first-order valence-electron chi connectivity index (χ1n) is 10.1. The fourth-order valence-corrected chi connectivity index (χ4v) is 3.81. The molecule has 154 valence electrons. The second-order valence-corrected chi connectivity index (χ2v) is 7.78. The van der Waals surface area contributed by atoms with Gasteiger partial charge in [0.1, 0.15) is 5.76 Å². The summed E-state index contributed by atoms with van der Waals surface area (Å²) in [5.74, 6) is 0.544. The number of piperidine rings is 1. The third-order valence-corrected chi connectivity index (χ3v) is 5.60. The van der Waals surface area contributed by atoms with Crippen LogP contribution in [0.1, 0.15) is 45.7 Å². The molecule has 30 heavy (non-hydrogen) atoms. The van der Waals surface area contributed by atoms with Gasteiger partial charge in [0.25, 0.3) is 11.8 Å². The van der Waals surface area contributed by atoms with E-state index in [1.54, 1.807) is 18.2 Å². The van der Waals surface area contributed by atoms with E-state index in [1.165, 1.54) is 6.42 Å². The van der Waals surface area contributed by atoms with Gasteiger partial charge in [-0.3, -0.25) is 9.59 Å². The molecule has 0 atom stereocenters. The van der Waals surface area contributed by atoms with Gasteiger partial charge in [0.2, 0.25) is 0 Å². The average Bonchev–Trinajstić information content (AvgIpc) is 3.28. The van der Waals surface area contributed by atoms with Gasteiger partial charge in [-0.1, -0.05) is 35.9 Å². The van der Waals surface area contributed by atoms with Crippen molar-refractivity contribution >= 4 is 23.4 Å². The Balaban J connectivity index is 1.35. The lowest BCUT2D eigenvalue weighted by atomic mass is 10.1. The van der Waals surface area contributed by atoms with Crippen LogP contribution in [0.3, 0.4) is 0 Å². The number of carbonyl (C=O) groups is 2. The quantitative estimate of drug-likeness (QED) is 0.618. The van der Waals surface area contributed by atoms with Crippen molar-refractivity contribution in [3.05, 3.63) is 82.6 Å². The monoisotopic (exact) mass is 422 g/mol. The number of hydrogen-bond acceptors (Lipinski definition) is 3. The first-order chi connectivity index (χ1) is 14.6. The Labute approximate surface area is 180 Å². The number of nitrogens with one attached hydrogen (secondary N) is 1. The molecule has 2 amide bonds. The Morgan fingerprint density at radius 2 is 1.67 bits per heavy atom. The third-order valence-electron chi connectivity index (χ3n) is 5.27. The van der Waals surface area contributed by atoms with Crippen LogP contribution in [0.15, 0.2) is 65.1 Å². The zero-order valence-electron chi connectivity index (χ0n) is 16.6. The molecule has 0 aliphatic carbocycles. The smallest absolute Gasteiger partial charge is 0.287 e. The second kappa shape index (κ2) is 9.18. The van der Waals surface area contributed by atoms with E-state index in [2.05, 4.69) is 5.32 Å². The van der Waals surface area contributed by atoms with Crippen LogP contribution in [-0.2, 0) is 6.54 Å². The van der Waals surface area contributed by atoms with Crippen molar-refractivity contribution in [3.63, 3.8) is 0 Å². The Morgan fingerprint density at radius 1 is 0.933 bits per heavy atom. The van der Waals surface area contributed by atoms with Gasteiger partial charge in [0.15, 0.2) is 5.76 Å². The van der Waals surface area contributed by atoms with E-state index in [1.807, 2.05) is 47.4 Å². The van der Waals surface area contributed by atoms with E-state index in [-0.39, 0.29) is 17.6 Å². The predicted octanol–water partition coefficient (Wildman–Crippen LogP) is 5.16. The van der Waals surface area contributed by atoms with Gasteiger partial charge in [-0.15, -0.1) is 0 Å². The molecule has 1 aliphatic rings. The highest BCUT2D eigenvalue weighted by Gasteiger charge is 2.18. The summed E-state index contributed by atoms with van der Waals surface area (Å²) in [7, 11) is 0. The molecule has 1 saturated heterocycles. The van der Waals surface area contributed by atoms with Crippen LogP contribution >= 0.6 is 11.6 Å². The number of rotatable bonds is 5. The van der Waals surface area contributed by atoms with E-state index >= 15 is 0 Å². The summed E-state index contributed by atoms with van der Waals surface area (Å²) >= 11 is 6.19. The molecular formula is C24H23ClN2O3.